The van der Waals surface area contributed by atoms with E-state index in [1.165, 1.54) is 12.3 Å². The number of aliphatic hydroxyl groups excluding tert-OH is 1. The highest BCUT2D eigenvalue weighted by molar-refractivity contribution is 6.30. The number of rotatable bonds is 4. The van der Waals surface area contributed by atoms with Gasteiger partial charge in [-0.25, -0.2) is 9.37 Å². The molecule has 1 heterocycles. The predicted octanol–water partition coefficient (Wildman–Crippen LogP) is 3.08. The summed E-state index contributed by atoms with van der Waals surface area (Å²) < 4.78 is 13.3. The lowest BCUT2D eigenvalue weighted by atomic mass is 9.89. The average Bonchev–Trinajstić information content (AvgIpc) is 2.13. The molecule has 1 atom stereocenters. The van der Waals surface area contributed by atoms with Gasteiger partial charge in [-0.3, -0.25) is 0 Å². The Morgan fingerprint density at radius 2 is 2.18 bits per heavy atom. The Balaban J connectivity index is 2.50. The number of hydrogen-bond acceptors (Lipinski definition) is 3. The predicted molar refractivity (Wildman–Crippen MR) is 67.8 cm³/mol. The number of nitrogens with one attached hydrogen (secondary N) is 1. The van der Waals surface area contributed by atoms with Gasteiger partial charge in [0.15, 0.2) is 11.6 Å². The number of nitrogens with zero attached hydrogens (tertiary/aromatic N) is 1. The smallest absolute Gasteiger partial charge is 0.166 e. The number of hydrogen-bond donors (Lipinski definition) is 2. The molecular weight excluding hydrogens is 243 g/mol. The van der Waals surface area contributed by atoms with Gasteiger partial charge in [0.05, 0.1) is 11.1 Å². The van der Waals surface area contributed by atoms with Crippen molar-refractivity contribution in [3.8, 4) is 0 Å². The summed E-state index contributed by atoms with van der Waals surface area (Å²) in [5, 5.41) is 12.8. The van der Waals surface area contributed by atoms with E-state index in [9.17, 15) is 9.50 Å². The highest BCUT2D eigenvalue weighted by atomic mass is 35.5. The van der Waals surface area contributed by atoms with Crippen molar-refractivity contribution in [2.75, 3.05) is 11.9 Å². The zero-order valence-corrected chi connectivity index (χ0v) is 11.1. The van der Waals surface area contributed by atoms with Crippen LogP contribution < -0.4 is 5.32 Å². The molecule has 0 aliphatic rings. The van der Waals surface area contributed by atoms with Crippen LogP contribution in [0.5, 0.6) is 0 Å². The van der Waals surface area contributed by atoms with Crippen molar-refractivity contribution in [1.29, 1.82) is 0 Å². The first-order valence-electron chi connectivity index (χ1n) is 5.51. The van der Waals surface area contributed by atoms with Crippen LogP contribution >= 0.6 is 11.6 Å². The van der Waals surface area contributed by atoms with Gasteiger partial charge >= 0.3 is 0 Å². The van der Waals surface area contributed by atoms with Crippen molar-refractivity contribution in [2.24, 2.45) is 5.41 Å². The van der Waals surface area contributed by atoms with E-state index in [2.05, 4.69) is 10.3 Å². The second kappa shape index (κ2) is 5.65. The molecule has 0 saturated heterocycles. The third-order valence-electron chi connectivity index (χ3n) is 2.16. The van der Waals surface area contributed by atoms with Crippen LogP contribution in [0.15, 0.2) is 12.3 Å². The van der Waals surface area contributed by atoms with Gasteiger partial charge in [-0.05, 0) is 17.9 Å². The molecule has 0 radical (unpaired) electrons. The van der Waals surface area contributed by atoms with Crippen molar-refractivity contribution in [3.05, 3.63) is 23.1 Å². The normalized spacial score (nSPS) is 13.5. The number of aliphatic hydroxyl groups is 1. The first-order valence-corrected chi connectivity index (χ1v) is 5.89. The topological polar surface area (TPSA) is 45.1 Å². The lowest BCUT2D eigenvalue weighted by Gasteiger charge is -2.22. The standard InChI is InChI=1S/C12H18ClFN2O/c1-12(2,3)5-9(17)7-16-11-10(14)4-8(13)6-15-11/h4,6,9,17H,5,7H2,1-3H3,(H,15,16). The van der Waals surface area contributed by atoms with Crippen molar-refractivity contribution in [1.82, 2.24) is 4.98 Å². The maximum atomic E-state index is 13.3. The average molecular weight is 261 g/mol. The van der Waals surface area contributed by atoms with Crippen LogP contribution in [0.1, 0.15) is 27.2 Å². The summed E-state index contributed by atoms with van der Waals surface area (Å²) in [7, 11) is 0. The molecule has 1 rings (SSSR count). The van der Waals surface area contributed by atoms with Gasteiger partial charge in [-0.15, -0.1) is 0 Å². The van der Waals surface area contributed by atoms with Crippen molar-refractivity contribution >= 4 is 17.4 Å². The fraction of sp³-hybridized carbons (Fsp3) is 0.583. The van der Waals surface area contributed by atoms with Crippen LogP contribution in [0.2, 0.25) is 5.02 Å². The minimum atomic E-state index is -0.535. The van der Waals surface area contributed by atoms with Crippen molar-refractivity contribution in [2.45, 2.75) is 33.3 Å². The first kappa shape index (κ1) is 14.2. The molecule has 1 aromatic rings. The summed E-state index contributed by atoms with van der Waals surface area (Å²) in [5.41, 5.74) is 0.0348. The maximum Gasteiger partial charge on any atom is 0.166 e. The zero-order chi connectivity index (χ0) is 13.1. The fourth-order valence-electron chi connectivity index (χ4n) is 1.54. The summed E-state index contributed by atoms with van der Waals surface area (Å²) in [6.45, 7) is 6.38. The minimum absolute atomic E-state index is 0.0348. The van der Waals surface area contributed by atoms with Gasteiger partial charge in [0.2, 0.25) is 0 Å². The lowest BCUT2D eigenvalue weighted by Crippen LogP contribution is -2.25. The van der Waals surface area contributed by atoms with Gasteiger partial charge in [0.1, 0.15) is 0 Å². The molecule has 2 N–H and O–H groups in total. The summed E-state index contributed by atoms with van der Waals surface area (Å²) in [4.78, 5) is 3.82. The second-order valence-corrected chi connectivity index (χ2v) is 5.72. The van der Waals surface area contributed by atoms with Crippen LogP contribution in [-0.2, 0) is 0 Å². The summed E-state index contributed by atoms with van der Waals surface area (Å²) in [6.07, 6.45) is 1.46. The molecule has 0 aliphatic heterocycles. The molecule has 0 fully saturated rings. The van der Waals surface area contributed by atoms with E-state index >= 15 is 0 Å². The largest absolute Gasteiger partial charge is 0.391 e. The van der Waals surface area contributed by atoms with Crippen LogP contribution in [0.4, 0.5) is 10.2 Å². The van der Waals surface area contributed by atoms with Gasteiger partial charge in [0, 0.05) is 12.7 Å². The molecule has 5 heteroatoms. The maximum absolute atomic E-state index is 13.3. The van der Waals surface area contributed by atoms with Gasteiger partial charge in [-0.2, -0.15) is 0 Å². The highest BCUT2D eigenvalue weighted by Crippen LogP contribution is 2.21. The third kappa shape index (κ3) is 5.33. The molecule has 0 spiro atoms. The van der Waals surface area contributed by atoms with Crippen molar-refractivity contribution < 1.29 is 9.50 Å². The molecule has 1 unspecified atom stereocenters. The van der Waals surface area contributed by atoms with E-state index in [4.69, 9.17) is 11.6 Å². The molecule has 96 valence electrons. The molecule has 0 aromatic carbocycles. The monoisotopic (exact) mass is 260 g/mol. The van der Waals surface area contributed by atoms with E-state index in [0.29, 0.717) is 6.42 Å². The molecule has 17 heavy (non-hydrogen) atoms. The van der Waals surface area contributed by atoms with Crippen LogP contribution in [-0.4, -0.2) is 22.7 Å². The van der Waals surface area contributed by atoms with E-state index in [-0.39, 0.29) is 22.8 Å². The Labute approximate surface area is 106 Å². The van der Waals surface area contributed by atoms with E-state index in [1.54, 1.807) is 0 Å². The van der Waals surface area contributed by atoms with Gasteiger partial charge in [-0.1, -0.05) is 32.4 Å². The summed E-state index contributed by atoms with van der Waals surface area (Å²) >= 11 is 5.59. The SMILES string of the molecule is CC(C)(C)CC(O)CNc1ncc(Cl)cc1F. The molecule has 0 bridgehead atoms. The van der Waals surface area contributed by atoms with Crippen molar-refractivity contribution in [3.63, 3.8) is 0 Å². The van der Waals surface area contributed by atoms with E-state index in [0.717, 1.165) is 0 Å². The Kier molecular flexibility index (Phi) is 4.71. The number of pyridine rings is 1. The lowest BCUT2D eigenvalue weighted by molar-refractivity contribution is 0.132. The quantitative estimate of drug-likeness (QED) is 0.875. The molecule has 1 aromatic heterocycles. The molecule has 3 nitrogen and oxygen atoms in total. The Hall–Kier alpha value is -0.870. The van der Waals surface area contributed by atoms with Gasteiger partial charge < -0.3 is 10.4 Å². The minimum Gasteiger partial charge on any atom is -0.391 e. The second-order valence-electron chi connectivity index (χ2n) is 5.28. The first-order chi connectivity index (χ1) is 7.78. The Morgan fingerprint density at radius 3 is 2.71 bits per heavy atom. The highest BCUT2D eigenvalue weighted by Gasteiger charge is 2.17. The van der Waals surface area contributed by atoms with Gasteiger partial charge in [0.25, 0.3) is 0 Å². The number of aromatic nitrogens is 1. The van der Waals surface area contributed by atoms with Crippen LogP contribution in [0, 0.1) is 11.2 Å². The fourth-order valence-corrected chi connectivity index (χ4v) is 1.68. The molecule has 0 aliphatic carbocycles. The summed E-state index contributed by atoms with van der Waals surface area (Å²) in [6, 6.07) is 1.19. The molecule has 0 amide bonds. The number of halogens is 2. The Bertz CT molecular complexity index is 379. The third-order valence-corrected chi connectivity index (χ3v) is 2.37. The van der Waals surface area contributed by atoms with E-state index < -0.39 is 11.9 Å². The molecular formula is C12H18ClFN2O. The van der Waals surface area contributed by atoms with Crippen LogP contribution in [0.25, 0.3) is 0 Å². The zero-order valence-electron chi connectivity index (χ0n) is 10.3. The van der Waals surface area contributed by atoms with E-state index in [1.807, 2.05) is 20.8 Å². The Morgan fingerprint density at radius 1 is 1.53 bits per heavy atom. The molecule has 0 saturated carbocycles. The summed E-state index contributed by atoms with van der Waals surface area (Å²) in [5.74, 6) is -0.400. The van der Waals surface area contributed by atoms with Crippen LogP contribution in [0.3, 0.4) is 0 Å². The number of anilines is 1.